The van der Waals surface area contributed by atoms with E-state index in [9.17, 15) is 0 Å². The summed E-state index contributed by atoms with van der Waals surface area (Å²) in [5, 5.41) is 4.48. The van der Waals surface area contributed by atoms with E-state index >= 15 is 0 Å². The Morgan fingerprint density at radius 3 is 2.58 bits per heavy atom. The number of nitrogens with zero attached hydrogens (tertiary/aromatic N) is 1. The van der Waals surface area contributed by atoms with Crippen molar-refractivity contribution in [2.75, 3.05) is 26.1 Å². The van der Waals surface area contributed by atoms with Crippen LogP contribution in [0.3, 0.4) is 0 Å². The second-order valence-electron chi connectivity index (χ2n) is 12.1. The van der Waals surface area contributed by atoms with Crippen molar-refractivity contribution >= 4 is 32.7 Å². The summed E-state index contributed by atoms with van der Waals surface area (Å²) in [4.78, 5) is 4.96. The van der Waals surface area contributed by atoms with Gasteiger partial charge < -0.3 is 38.5 Å². The molecule has 0 radical (unpaired) electrons. The van der Waals surface area contributed by atoms with Gasteiger partial charge in [0.1, 0.15) is 29.5 Å². The monoisotopic (exact) mass is 676 g/mol. The zero-order valence-electron chi connectivity index (χ0n) is 25.7. The SMILES string of the molecule is COc1ccc(CNc2nc3cc(C[C@@H]4OC[C@@]5(OCc6ccccc6)[C@@H]4O[C@@H]4OC(C)(C)O[C@@H]45)ccc3cc2Br)c(OC)c1. The maximum Gasteiger partial charge on any atom is 0.190 e. The number of hydrogen-bond donors (Lipinski definition) is 1. The van der Waals surface area contributed by atoms with Crippen molar-refractivity contribution in [1.29, 1.82) is 0 Å². The van der Waals surface area contributed by atoms with E-state index in [-0.39, 0.29) is 18.3 Å². The molecule has 0 unspecified atom stereocenters. The average molecular weight is 678 g/mol. The summed E-state index contributed by atoms with van der Waals surface area (Å²) >= 11 is 3.69. The van der Waals surface area contributed by atoms with Crippen molar-refractivity contribution < 1.29 is 33.2 Å². The molecule has 0 bridgehead atoms. The van der Waals surface area contributed by atoms with Crippen LogP contribution in [0.4, 0.5) is 5.82 Å². The van der Waals surface area contributed by atoms with Crippen LogP contribution < -0.4 is 14.8 Å². The molecule has 3 aliphatic rings. The van der Waals surface area contributed by atoms with Gasteiger partial charge in [-0.1, -0.05) is 42.5 Å². The van der Waals surface area contributed by atoms with Gasteiger partial charge in [-0.3, -0.25) is 0 Å². The van der Waals surface area contributed by atoms with E-state index in [1.165, 1.54) is 0 Å². The third kappa shape index (κ3) is 5.91. The van der Waals surface area contributed by atoms with Gasteiger partial charge in [0.2, 0.25) is 0 Å². The second kappa shape index (κ2) is 12.2. The number of aromatic nitrogens is 1. The number of pyridine rings is 1. The molecule has 3 aliphatic heterocycles. The highest BCUT2D eigenvalue weighted by Gasteiger charge is 2.69. The van der Waals surface area contributed by atoms with Crippen LogP contribution in [0.1, 0.15) is 30.5 Å². The van der Waals surface area contributed by atoms with Gasteiger partial charge in [-0.05, 0) is 65.2 Å². The van der Waals surface area contributed by atoms with Gasteiger partial charge in [0.25, 0.3) is 0 Å². The average Bonchev–Trinajstić information content (AvgIpc) is 3.64. The fourth-order valence-corrected chi connectivity index (χ4v) is 6.96. The van der Waals surface area contributed by atoms with Crippen LogP contribution in [0.25, 0.3) is 10.9 Å². The number of halogens is 1. The molecule has 1 N–H and O–H groups in total. The molecule has 4 aromatic rings. The second-order valence-corrected chi connectivity index (χ2v) is 13.0. The minimum atomic E-state index is -0.779. The van der Waals surface area contributed by atoms with Crippen LogP contribution in [0, 0.1) is 0 Å². The lowest BCUT2D eigenvalue weighted by Crippen LogP contribution is -2.52. The molecule has 3 fully saturated rings. The van der Waals surface area contributed by atoms with Gasteiger partial charge in [0.05, 0.1) is 43.5 Å². The Bertz CT molecular complexity index is 1690. The number of fused-ring (bicyclic) bond motifs is 4. The summed E-state index contributed by atoms with van der Waals surface area (Å²) in [7, 11) is 3.29. The zero-order chi connectivity index (χ0) is 31.2. The summed E-state index contributed by atoms with van der Waals surface area (Å²) in [6.45, 7) is 5.12. The Morgan fingerprint density at radius 2 is 1.78 bits per heavy atom. The standard InChI is InChI=1S/C35H37BrN2O7/c1-34(2)44-31-33(45-34)43-30-29(41-20-35(30,31)42-19-21-8-6-5-7-9-21)15-22-10-11-23-16-26(36)32(38-27(23)14-22)37-18-24-12-13-25(39-3)17-28(24)40-4/h5-14,16-17,29-31,33H,15,18-20H2,1-4H3,(H,37,38)/t29-,30+,31-,33+,35+/m0/s1. The van der Waals surface area contributed by atoms with Gasteiger partial charge in [-0.2, -0.15) is 0 Å². The Labute approximate surface area is 271 Å². The Hall–Kier alpha value is -3.25. The first kappa shape index (κ1) is 30.4. The highest BCUT2D eigenvalue weighted by Crippen LogP contribution is 2.50. The van der Waals surface area contributed by atoms with Crippen LogP contribution in [-0.2, 0) is 43.3 Å². The number of anilines is 1. The fraction of sp³-hybridized carbons (Fsp3) is 0.400. The van der Waals surface area contributed by atoms with Crippen molar-refractivity contribution in [3.63, 3.8) is 0 Å². The number of benzene rings is 3. The molecular weight excluding hydrogens is 640 g/mol. The molecule has 0 aliphatic carbocycles. The first-order valence-corrected chi connectivity index (χ1v) is 15.9. The van der Waals surface area contributed by atoms with Crippen LogP contribution >= 0.6 is 15.9 Å². The van der Waals surface area contributed by atoms with Gasteiger partial charge >= 0.3 is 0 Å². The van der Waals surface area contributed by atoms with Crippen LogP contribution in [0.15, 0.2) is 77.3 Å². The van der Waals surface area contributed by atoms with Gasteiger partial charge in [0, 0.05) is 30.0 Å². The lowest BCUT2D eigenvalue weighted by molar-refractivity contribution is -0.232. The largest absolute Gasteiger partial charge is 0.497 e. The summed E-state index contributed by atoms with van der Waals surface area (Å²) in [6, 6.07) is 24.3. The third-order valence-electron chi connectivity index (χ3n) is 8.73. The molecule has 0 spiro atoms. The summed E-state index contributed by atoms with van der Waals surface area (Å²) in [5.41, 5.74) is 3.26. The maximum atomic E-state index is 6.67. The van der Waals surface area contributed by atoms with E-state index in [1.807, 2.05) is 50.2 Å². The lowest BCUT2D eigenvalue weighted by atomic mass is 9.90. The zero-order valence-corrected chi connectivity index (χ0v) is 27.3. The molecule has 3 aromatic carbocycles. The highest BCUT2D eigenvalue weighted by molar-refractivity contribution is 9.10. The van der Waals surface area contributed by atoms with E-state index in [1.54, 1.807) is 14.2 Å². The van der Waals surface area contributed by atoms with Crippen molar-refractivity contribution in [2.45, 2.75) is 69.4 Å². The molecule has 1 aromatic heterocycles. The van der Waals surface area contributed by atoms with Crippen LogP contribution in [0.2, 0.25) is 0 Å². The topological polar surface area (TPSA) is 89.5 Å². The maximum absolute atomic E-state index is 6.67. The molecule has 7 rings (SSSR count). The Morgan fingerprint density at radius 1 is 0.933 bits per heavy atom. The smallest absolute Gasteiger partial charge is 0.190 e. The number of rotatable bonds is 10. The number of hydrogen-bond acceptors (Lipinski definition) is 9. The molecule has 0 saturated carbocycles. The molecule has 3 saturated heterocycles. The molecule has 9 nitrogen and oxygen atoms in total. The van der Waals surface area contributed by atoms with E-state index < -0.39 is 17.7 Å². The predicted octanol–water partition coefficient (Wildman–Crippen LogP) is 6.40. The van der Waals surface area contributed by atoms with Gasteiger partial charge in [-0.15, -0.1) is 0 Å². The number of methoxy groups -OCH3 is 2. The minimum absolute atomic E-state index is 0.241. The Kier molecular flexibility index (Phi) is 8.22. The quantitative estimate of drug-likeness (QED) is 0.205. The van der Waals surface area contributed by atoms with Crippen molar-refractivity contribution in [3.8, 4) is 11.5 Å². The van der Waals surface area contributed by atoms with E-state index in [0.717, 1.165) is 49.4 Å². The molecular formula is C35H37BrN2O7. The summed E-state index contributed by atoms with van der Waals surface area (Å²) in [5.74, 6) is 1.48. The van der Waals surface area contributed by atoms with Crippen molar-refractivity contribution in [3.05, 3.63) is 94.0 Å². The van der Waals surface area contributed by atoms with E-state index in [4.69, 9.17) is 38.1 Å². The lowest BCUT2D eigenvalue weighted by Gasteiger charge is -2.33. The molecule has 45 heavy (non-hydrogen) atoms. The van der Waals surface area contributed by atoms with Crippen molar-refractivity contribution in [1.82, 2.24) is 4.98 Å². The van der Waals surface area contributed by atoms with E-state index in [0.29, 0.717) is 26.2 Å². The van der Waals surface area contributed by atoms with Crippen LogP contribution in [-0.4, -0.2) is 61.8 Å². The third-order valence-corrected chi connectivity index (χ3v) is 9.33. The van der Waals surface area contributed by atoms with Gasteiger partial charge in [0.15, 0.2) is 17.7 Å². The molecule has 0 amide bonds. The first-order chi connectivity index (χ1) is 21.8. The first-order valence-electron chi connectivity index (χ1n) is 15.1. The predicted molar refractivity (Wildman–Crippen MR) is 172 cm³/mol. The number of ether oxygens (including phenoxy) is 7. The summed E-state index contributed by atoms with van der Waals surface area (Å²) in [6.07, 6.45) is -0.864. The number of nitrogens with one attached hydrogen (secondary N) is 1. The van der Waals surface area contributed by atoms with Crippen LogP contribution in [0.5, 0.6) is 11.5 Å². The van der Waals surface area contributed by atoms with Gasteiger partial charge in [-0.25, -0.2) is 4.98 Å². The van der Waals surface area contributed by atoms with Crippen molar-refractivity contribution in [2.24, 2.45) is 0 Å². The summed E-state index contributed by atoms with van der Waals surface area (Å²) < 4.78 is 43.9. The molecule has 4 heterocycles. The highest BCUT2D eigenvalue weighted by atomic mass is 79.9. The Balaban J connectivity index is 1.10. The fourth-order valence-electron chi connectivity index (χ4n) is 6.48. The molecule has 10 heteroatoms. The molecule has 5 atom stereocenters. The normalized spacial score (nSPS) is 26.5. The molecule has 236 valence electrons. The minimum Gasteiger partial charge on any atom is -0.497 e. The van der Waals surface area contributed by atoms with E-state index in [2.05, 4.69) is 57.6 Å².